The number of carbonyl (C=O) groups excluding carboxylic acids is 1. The van der Waals surface area contributed by atoms with Crippen molar-refractivity contribution in [3.05, 3.63) is 27.7 Å². The molecule has 0 aromatic heterocycles. The first-order chi connectivity index (χ1) is 7.73. The third-order valence-corrected chi connectivity index (χ3v) is 3.82. The van der Waals surface area contributed by atoms with Gasteiger partial charge in [0.1, 0.15) is 0 Å². The molecule has 17 heavy (non-hydrogen) atoms. The fourth-order valence-electron chi connectivity index (χ4n) is 1.20. The molecule has 0 heterocycles. The lowest BCUT2D eigenvalue weighted by Crippen LogP contribution is -2.45. The summed E-state index contributed by atoms with van der Waals surface area (Å²) in [6.45, 7) is 5.76. The molecule has 0 aliphatic heterocycles. The molecule has 0 aliphatic carbocycles. The third-order valence-electron chi connectivity index (χ3n) is 2.42. The number of nitrogens with two attached hydrogens (primary N) is 1. The molecule has 0 fully saturated rings. The number of benzene rings is 1. The second kappa shape index (κ2) is 5.38. The van der Waals surface area contributed by atoms with Crippen LogP contribution < -0.4 is 11.1 Å². The summed E-state index contributed by atoms with van der Waals surface area (Å²) < 4.78 is 0.663. The maximum Gasteiger partial charge on any atom is 0.241 e. The molecule has 1 rings (SSSR count). The van der Waals surface area contributed by atoms with Gasteiger partial charge in [-0.05, 0) is 33.5 Å². The number of rotatable bonds is 2. The number of halogens is 2. The van der Waals surface area contributed by atoms with E-state index >= 15 is 0 Å². The largest absolute Gasteiger partial charge is 0.324 e. The molecule has 0 spiro atoms. The Hall–Kier alpha value is -0.580. The molecule has 0 aliphatic rings. The highest BCUT2D eigenvalue weighted by Gasteiger charge is 2.27. The van der Waals surface area contributed by atoms with Crippen LogP contribution in [0.5, 0.6) is 0 Å². The topological polar surface area (TPSA) is 55.1 Å². The van der Waals surface area contributed by atoms with Gasteiger partial charge in [-0.15, -0.1) is 0 Å². The molecule has 1 aromatic carbocycles. The van der Waals surface area contributed by atoms with Crippen LogP contribution >= 0.6 is 27.5 Å². The molecule has 0 saturated heterocycles. The first-order valence-corrected chi connectivity index (χ1v) is 6.41. The average molecular weight is 320 g/mol. The first kappa shape index (κ1) is 14.5. The minimum Gasteiger partial charge on any atom is -0.324 e. The van der Waals surface area contributed by atoms with Crippen molar-refractivity contribution in [3.8, 4) is 0 Å². The van der Waals surface area contributed by atoms with Crippen molar-refractivity contribution < 1.29 is 4.79 Å². The van der Waals surface area contributed by atoms with Crippen molar-refractivity contribution in [3.63, 3.8) is 0 Å². The Balaban J connectivity index is 2.86. The Kier molecular flexibility index (Phi) is 4.58. The number of hydrogen-bond donors (Lipinski definition) is 2. The number of carbonyl (C=O) groups is 1. The lowest BCUT2D eigenvalue weighted by atomic mass is 9.87. The molecule has 5 heteroatoms. The van der Waals surface area contributed by atoms with Crippen LogP contribution in [0.15, 0.2) is 22.7 Å². The summed E-state index contributed by atoms with van der Waals surface area (Å²) in [4.78, 5) is 11.9. The Morgan fingerprint density at radius 1 is 1.47 bits per heavy atom. The quantitative estimate of drug-likeness (QED) is 0.877. The second-order valence-electron chi connectivity index (χ2n) is 4.93. The van der Waals surface area contributed by atoms with Crippen LogP contribution in [0.25, 0.3) is 0 Å². The maximum absolute atomic E-state index is 11.9. The van der Waals surface area contributed by atoms with Crippen molar-refractivity contribution in [1.29, 1.82) is 0 Å². The van der Waals surface area contributed by atoms with Gasteiger partial charge in [0, 0.05) is 0 Å². The Morgan fingerprint density at radius 2 is 2.06 bits per heavy atom. The molecule has 1 amide bonds. The Morgan fingerprint density at radius 3 is 2.59 bits per heavy atom. The molecule has 1 atom stereocenters. The van der Waals surface area contributed by atoms with E-state index in [1.165, 1.54) is 0 Å². The molecule has 0 saturated carbocycles. The number of nitrogens with one attached hydrogen (secondary N) is 1. The predicted octanol–water partition coefficient (Wildman–Crippen LogP) is 3.41. The zero-order chi connectivity index (χ0) is 13.2. The number of hydrogen-bond acceptors (Lipinski definition) is 2. The maximum atomic E-state index is 11.9. The highest BCUT2D eigenvalue weighted by Crippen LogP contribution is 2.30. The summed E-state index contributed by atoms with van der Waals surface area (Å²) in [5.41, 5.74) is 6.21. The van der Waals surface area contributed by atoms with Crippen molar-refractivity contribution in [2.45, 2.75) is 26.8 Å². The fourth-order valence-corrected chi connectivity index (χ4v) is 1.74. The van der Waals surface area contributed by atoms with Gasteiger partial charge < -0.3 is 11.1 Å². The van der Waals surface area contributed by atoms with E-state index in [2.05, 4.69) is 21.2 Å². The minimum absolute atomic E-state index is 0.222. The summed E-state index contributed by atoms with van der Waals surface area (Å²) >= 11 is 9.26. The van der Waals surface area contributed by atoms with Gasteiger partial charge in [0.05, 0.1) is 21.2 Å². The molecule has 1 aromatic rings. The van der Waals surface area contributed by atoms with E-state index in [1.54, 1.807) is 18.2 Å². The summed E-state index contributed by atoms with van der Waals surface area (Å²) in [5.74, 6) is -0.222. The Labute approximate surface area is 115 Å². The van der Waals surface area contributed by atoms with E-state index in [4.69, 9.17) is 17.3 Å². The van der Waals surface area contributed by atoms with E-state index in [1.807, 2.05) is 20.8 Å². The van der Waals surface area contributed by atoms with Gasteiger partial charge in [-0.1, -0.05) is 38.4 Å². The summed E-state index contributed by atoms with van der Waals surface area (Å²) in [5, 5.41) is 3.31. The molecule has 0 bridgehead atoms. The van der Waals surface area contributed by atoms with Crippen LogP contribution in [0.1, 0.15) is 20.8 Å². The second-order valence-corrected chi connectivity index (χ2v) is 6.13. The van der Waals surface area contributed by atoms with E-state index < -0.39 is 6.04 Å². The van der Waals surface area contributed by atoms with Gasteiger partial charge in [0.15, 0.2) is 0 Å². The molecule has 3 nitrogen and oxygen atoms in total. The lowest BCUT2D eigenvalue weighted by molar-refractivity contribution is -0.119. The highest BCUT2D eigenvalue weighted by atomic mass is 79.9. The van der Waals surface area contributed by atoms with Crippen LogP contribution in [-0.4, -0.2) is 11.9 Å². The van der Waals surface area contributed by atoms with Gasteiger partial charge in [-0.3, -0.25) is 4.79 Å². The van der Waals surface area contributed by atoms with E-state index in [-0.39, 0.29) is 11.3 Å². The average Bonchev–Trinajstić information content (AvgIpc) is 2.22. The standard InChI is InChI=1S/C12H16BrClN2O/c1-12(2,3)10(15)11(17)16-8-6-4-5-7(14)9(8)13/h4-6,10H,15H2,1-3H3,(H,16,17)/t10-/m1/s1. The fraction of sp³-hybridized carbons (Fsp3) is 0.417. The molecule has 94 valence electrons. The third kappa shape index (κ3) is 3.69. The van der Waals surface area contributed by atoms with Gasteiger partial charge >= 0.3 is 0 Å². The van der Waals surface area contributed by atoms with Gasteiger partial charge in [0.25, 0.3) is 0 Å². The van der Waals surface area contributed by atoms with E-state index in [9.17, 15) is 4.79 Å². The normalized spacial score (nSPS) is 13.3. The number of amides is 1. The lowest BCUT2D eigenvalue weighted by Gasteiger charge is -2.26. The minimum atomic E-state index is -0.576. The summed E-state index contributed by atoms with van der Waals surface area (Å²) in [7, 11) is 0. The van der Waals surface area contributed by atoms with Crippen molar-refractivity contribution in [2.24, 2.45) is 11.1 Å². The Bertz CT molecular complexity index is 429. The number of anilines is 1. The molecular weight excluding hydrogens is 304 g/mol. The van der Waals surface area contributed by atoms with Crippen LogP contribution in [0.3, 0.4) is 0 Å². The monoisotopic (exact) mass is 318 g/mol. The van der Waals surface area contributed by atoms with Crippen LogP contribution in [0.2, 0.25) is 5.02 Å². The molecule has 3 N–H and O–H groups in total. The van der Waals surface area contributed by atoms with Gasteiger partial charge in [-0.2, -0.15) is 0 Å². The van der Waals surface area contributed by atoms with Crippen LogP contribution in [-0.2, 0) is 4.79 Å². The SMILES string of the molecule is CC(C)(C)[C@H](N)C(=O)Nc1cccc(Cl)c1Br. The predicted molar refractivity (Wildman–Crippen MR) is 75.2 cm³/mol. The van der Waals surface area contributed by atoms with Crippen LogP contribution in [0, 0.1) is 5.41 Å². The summed E-state index contributed by atoms with van der Waals surface area (Å²) in [6.07, 6.45) is 0. The summed E-state index contributed by atoms with van der Waals surface area (Å²) in [6, 6.07) is 4.70. The molecular formula is C12H16BrClN2O. The molecule has 0 radical (unpaired) electrons. The zero-order valence-corrected chi connectivity index (χ0v) is 12.4. The van der Waals surface area contributed by atoms with Crippen molar-refractivity contribution in [1.82, 2.24) is 0 Å². The zero-order valence-electron chi connectivity index (χ0n) is 10.1. The molecule has 0 unspecified atom stereocenters. The van der Waals surface area contributed by atoms with Crippen molar-refractivity contribution in [2.75, 3.05) is 5.32 Å². The van der Waals surface area contributed by atoms with Gasteiger partial charge in [0.2, 0.25) is 5.91 Å². The van der Waals surface area contributed by atoms with Crippen molar-refractivity contribution >= 4 is 39.1 Å². The first-order valence-electron chi connectivity index (χ1n) is 5.24. The van der Waals surface area contributed by atoms with Gasteiger partial charge in [-0.25, -0.2) is 0 Å². The highest BCUT2D eigenvalue weighted by molar-refractivity contribution is 9.10. The van der Waals surface area contributed by atoms with E-state index in [0.29, 0.717) is 15.2 Å². The van der Waals surface area contributed by atoms with Crippen LogP contribution in [0.4, 0.5) is 5.69 Å². The smallest absolute Gasteiger partial charge is 0.241 e. The van der Waals surface area contributed by atoms with E-state index in [0.717, 1.165) is 0 Å².